The molecule has 4 heteroatoms. The maximum atomic E-state index is 9.02. The van der Waals surface area contributed by atoms with E-state index in [-0.39, 0.29) is 5.75 Å². The van der Waals surface area contributed by atoms with Gasteiger partial charge in [-0.15, -0.1) is 0 Å². The molecule has 11 heavy (non-hydrogen) atoms. The van der Waals surface area contributed by atoms with E-state index in [1.165, 1.54) is 13.2 Å². The molecule has 0 saturated carbocycles. The molecule has 1 rings (SSSR count). The lowest BCUT2D eigenvalue weighted by molar-refractivity contribution is 0.271. The largest absolute Gasteiger partial charge is 0.506 e. The number of hydrogen-bond donors (Lipinski definition) is 3. The van der Waals surface area contributed by atoms with Crippen molar-refractivity contribution in [3.05, 3.63) is 18.2 Å². The first-order valence-corrected chi connectivity index (χ1v) is 3.11. The standard InChI is InChI=1S/C7H10N2O2/c1-11-9-5-2-3-7(10)6(8)4-5/h2-4,9-10H,8H2,1H3. The third-order valence-corrected chi connectivity index (χ3v) is 1.25. The number of anilines is 2. The van der Waals surface area contributed by atoms with Crippen molar-refractivity contribution in [1.29, 1.82) is 0 Å². The van der Waals surface area contributed by atoms with Gasteiger partial charge in [-0.25, -0.2) is 0 Å². The number of rotatable bonds is 2. The van der Waals surface area contributed by atoms with Crippen LogP contribution in [0.3, 0.4) is 0 Å². The van der Waals surface area contributed by atoms with Crippen molar-refractivity contribution in [2.75, 3.05) is 18.3 Å². The SMILES string of the molecule is CONc1ccc(O)c(N)c1. The van der Waals surface area contributed by atoms with Crippen molar-refractivity contribution in [2.24, 2.45) is 0 Å². The van der Waals surface area contributed by atoms with Crippen molar-refractivity contribution >= 4 is 11.4 Å². The van der Waals surface area contributed by atoms with Gasteiger partial charge in [0.2, 0.25) is 0 Å². The zero-order valence-electron chi connectivity index (χ0n) is 6.16. The van der Waals surface area contributed by atoms with E-state index < -0.39 is 0 Å². The molecule has 4 N–H and O–H groups in total. The summed E-state index contributed by atoms with van der Waals surface area (Å²) in [6, 6.07) is 4.74. The quantitative estimate of drug-likeness (QED) is 0.257. The molecule has 1 aromatic rings. The molecule has 0 aliphatic heterocycles. The molecule has 0 fully saturated rings. The minimum Gasteiger partial charge on any atom is -0.506 e. The Morgan fingerprint density at radius 2 is 2.27 bits per heavy atom. The van der Waals surface area contributed by atoms with Crippen LogP contribution in [0.2, 0.25) is 0 Å². The van der Waals surface area contributed by atoms with Gasteiger partial charge in [0.25, 0.3) is 0 Å². The first kappa shape index (κ1) is 7.68. The Bertz CT molecular complexity index is 250. The number of nitrogens with two attached hydrogens (primary N) is 1. The third-order valence-electron chi connectivity index (χ3n) is 1.25. The highest BCUT2D eigenvalue weighted by Gasteiger charge is 1.96. The van der Waals surface area contributed by atoms with Crippen molar-refractivity contribution in [3.63, 3.8) is 0 Å². The maximum absolute atomic E-state index is 9.02. The van der Waals surface area contributed by atoms with Crippen LogP contribution in [0.1, 0.15) is 0 Å². The van der Waals surface area contributed by atoms with Crippen molar-refractivity contribution in [1.82, 2.24) is 0 Å². The Morgan fingerprint density at radius 1 is 1.55 bits per heavy atom. The summed E-state index contributed by atoms with van der Waals surface area (Å²) in [6.07, 6.45) is 0. The molecule has 0 radical (unpaired) electrons. The molecule has 0 atom stereocenters. The highest BCUT2D eigenvalue weighted by atomic mass is 16.6. The Morgan fingerprint density at radius 3 is 2.82 bits per heavy atom. The van der Waals surface area contributed by atoms with Gasteiger partial charge in [-0.3, -0.25) is 10.3 Å². The summed E-state index contributed by atoms with van der Waals surface area (Å²) in [6.45, 7) is 0. The van der Waals surface area contributed by atoms with E-state index in [0.717, 1.165) is 0 Å². The summed E-state index contributed by atoms with van der Waals surface area (Å²) >= 11 is 0. The van der Waals surface area contributed by atoms with Crippen molar-refractivity contribution in [3.8, 4) is 5.75 Å². The van der Waals surface area contributed by atoms with Crippen LogP contribution < -0.4 is 11.2 Å². The Balaban J connectivity index is 2.86. The van der Waals surface area contributed by atoms with E-state index in [4.69, 9.17) is 10.8 Å². The Hall–Kier alpha value is -1.42. The van der Waals surface area contributed by atoms with Crippen LogP contribution >= 0.6 is 0 Å². The van der Waals surface area contributed by atoms with E-state index >= 15 is 0 Å². The van der Waals surface area contributed by atoms with E-state index in [1.54, 1.807) is 12.1 Å². The summed E-state index contributed by atoms with van der Waals surface area (Å²) in [4.78, 5) is 4.64. The highest BCUT2D eigenvalue weighted by Crippen LogP contribution is 2.22. The van der Waals surface area contributed by atoms with E-state index in [0.29, 0.717) is 11.4 Å². The molecule has 0 spiro atoms. The molecule has 0 amide bonds. The molecule has 0 heterocycles. The number of aromatic hydroxyl groups is 1. The number of phenols is 1. The van der Waals surface area contributed by atoms with Gasteiger partial charge in [0.05, 0.1) is 18.5 Å². The van der Waals surface area contributed by atoms with Crippen LogP contribution in [0.4, 0.5) is 11.4 Å². The van der Waals surface area contributed by atoms with Gasteiger partial charge < -0.3 is 10.8 Å². The van der Waals surface area contributed by atoms with Crippen LogP contribution in [-0.2, 0) is 4.84 Å². The first-order valence-electron chi connectivity index (χ1n) is 3.11. The van der Waals surface area contributed by atoms with Crippen LogP contribution in [-0.4, -0.2) is 12.2 Å². The smallest absolute Gasteiger partial charge is 0.138 e. The fraction of sp³-hybridized carbons (Fsp3) is 0.143. The number of nitrogen functional groups attached to an aromatic ring is 1. The van der Waals surface area contributed by atoms with Crippen LogP contribution in [0.15, 0.2) is 18.2 Å². The number of nitrogens with one attached hydrogen (secondary N) is 1. The van der Waals surface area contributed by atoms with Crippen LogP contribution in [0.25, 0.3) is 0 Å². The fourth-order valence-electron chi connectivity index (χ4n) is 0.736. The molecule has 60 valence electrons. The average molecular weight is 154 g/mol. The topological polar surface area (TPSA) is 67.5 Å². The van der Waals surface area contributed by atoms with Gasteiger partial charge >= 0.3 is 0 Å². The number of benzene rings is 1. The number of phenolic OH excluding ortho intramolecular Hbond substituents is 1. The second-order valence-electron chi connectivity index (χ2n) is 2.08. The molecule has 0 unspecified atom stereocenters. The summed E-state index contributed by atoms with van der Waals surface area (Å²) in [5.41, 5.74) is 9.03. The third kappa shape index (κ3) is 1.75. The van der Waals surface area contributed by atoms with Gasteiger partial charge in [-0.05, 0) is 18.2 Å². The molecule has 4 nitrogen and oxygen atoms in total. The molecular weight excluding hydrogens is 144 g/mol. The number of hydrogen-bond acceptors (Lipinski definition) is 4. The van der Waals surface area contributed by atoms with Crippen LogP contribution in [0, 0.1) is 0 Å². The fourth-order valence-corrected chi connectivity index (χ4v) is 0.736. The van der Waals surface area contributed by atoms with Gasteiger partial charge in [-0.2, -0.15) is 0 Å². The van der Waals surface area contributed by atoms with E-state index in [2.05, 4.69) is 10.3 Å². The van der Waals surface area contributed by atoms with E-state index in [1.807, 2.05) is 0 Å². The molecule has 0 aliphatic rings. The Kier molecular flexibility index (Phi) is 2.18. The molecule has 0 saturated heterocycles. The van der Waals surface area contributed by atoms with Gasteiger partial charge in [0, 0.05) is 0 Å². The second kappa shape index (κ2) is 3.12. The summed E-state index contributed by atoms with van der Waals surface area (Å²) in [7, 11) is 1.50. The summed E-state index contributed by atoms with van der Waals surface area (Å²) in [5, 5.41) is 9.02. The zero-order chi connectivity index (χ0) is 8.27. The zero-order valence-corrected chi connectivity index (χ0v) is 6.16. The highest BCUT2D eigenvalue weighted by molar-refractivity contribution is 5.60. The van der Waals surface area contributed by atoms with Gasteiger partial charge in [0.1, 0.15) is 5.75 Å². The predicted octanol–water partition coefficient (Wildman–Crippen LogP) is 0.948. The minimum absolute atomic E-state index is 0.0756. The minimum atomic E-state index is 0.0756. The molecular formula is C7H10N2O2. The second-order valence-corrected chi connectivity index (χ2v) is 2.08. The summed E-state index contributed by atoms with van der Waals surface area (Å²) in [5.74, 6) is 0.0756. The monoisotopic (exact) mass is 154 g/mol. The van der Waals surface area contributed by atoms with Gasteiger partial charge in [0.15, 0.2) is 0 Å². The molecule has 0 aromatic heterocycles. The normalized spacial score (nSPS) is 9.55. The summed E-state index contributed by atoms with van der Waals surface area (Å²) < 4.78 is 0. The molecule has 0 bridgehead atoms. The molecule has 1 aromatic carbocycles. The maximum Gasteiger partial charge on any atom is 0.138 e. The lowest BCUT2D eigenvalue weighted by atomic mass is 10.3. The Labute approximate surface area is 64.5 Å². The van der Waals surface area contributed by atoms with Crippen molar-refractivity contribution < 1.29 is 9.94 Å². The first-order chi connectivity index (χ1) is 5.24. The molecule has 0 aliphatic carbocycles. The van der Waals surface area contributed by atoms with Crippen LogP contribution in [0.5, 0.6) is 5.75 Å². The lowest BCUT2D eigenvalue weighted by Crippen LogP contribution is -1.96. The lowest BCUT2D eigenvalue weighted by Gasteiger charge is -2.04. The average Bonchev–Trinajstić information content (AvgIpc) is 1.98. The van der Waals surface area contributed by atoms with Crippen molar-refractivity contribution in [2.45, 2.75) is 0 Å². The predicted molar refractivity (Wildman–Crippen MR) is 43.2 cm³/mol. The van der Waals surface area contributed by atoms with E-state index in [9.17, 15) is 0 Å². The van der Waals surface area contributed by atoms with Gasteiger partial charge in [-0.1, -0.05) is 0 Å².